The quantitative estimate of drug-likeness (QED) is 0.239. The molecule has 504 valence electrons. The van der Waals surface area contributed by atoms with Gasteiger partial charge in [-0.3, -0.25) is 0 Å². The zero-order valence-electron chi connectivity index (χ0n) is 75.8. The SMILES string of the molecule is CC(C)c1cccc(C(C)C)c1C(C)(C)C.Cc1cc(C)c(C(C)(C)C)c(C)c1.Cc1cccc(C)c1C(C)(C)C.[2H]C(C)(C(C)(C)C)C(C)(C)C.[2H]C(C)(C(C)C)C(C)(C)C.[2H]C([2H])([2H])C([2H])(C([2H])([2H])C)C(C)(C)C.[2H]C1(C(C)(C)C)CCCC1.[2H]C1(C(C)C)CCCCC1. The molecule has 2 atom stereocenters. The lowest BCUT2D eigenvalue weighted by molar-refractivity contribution is 0.121. The molecule has 3 aromatic rings. The fraction of sp³-hybridized carbons (Fsp3) is 0.791. The molecule has 0 heterocycles. The van der Waals surface area contributed by atoms with Crippen LogP contribution in [0.1, 0.15) is 395 Å². The lowest BCUT2D eigenvalue weighted by Gasteiger charge is -2.38. The third-order valence-corrected chi connectivity index (χ3v) is 17.7. The molecule has 3 aromatic carbocycles. The number of aryl methyl sites for hydroxylation is 5. The summed E-state index contributed by atoms with van der Waals surface area (Å²) in [4.78, 5) is 0. The Labute approximate surface area is 559 Å². The van der Waals surface area contributed by atoms with Gasteiger partial charge in [-0.15, -0.1) is 0 Å². The van der Waals surface area contributed by atoms with Crippen LogP contribution in [0.4, 0.5) is 0 Å². The zero-order chi connectivity index (χ0) is 77.6. The van der Waals surface area contributed by atoms with Crippen LogP contribution < -0.4 is 0 Å². The maximum Gasteiger partial charge on any atom is 0.0311 e. The van der Waals surface area contributed by atoms with Crippen molar-refractivity contribution in [3.05, 3.63) is 104 Å². The third-order valence-electron chi connectivity index (χ3n) is 17.7. The van der Waals surface area contributed by atoms with Crippen molar-refractivity contribution in [2.24, 2.45) is 68.4 Å². The molecular weight excluding hydrogens is 1030 g/mol. The summed E-state index contributed by atoms with van der Waals surface area (Å²) in [5.74, 6) is -0.799. The summed E-state index contributed by atoms with van der Waals surface area (Å²) in [5.41, 5.74) is 14.8. The van der Waals surface area contributed by atoms with Crippen molar-refractivity contribution in [1.29, 1.82) is 0 Å². The van der Waals surface area contributed by atoms with Crippen LogP contribution in [-0.4, -0.2) is 0 Å². The monoisotopic (exact) mass is 1200 g/mol. The fourth-order valence-electron chi connectivity index (χ4n) is 12.3. The zero-order valence-corrected chi connectivity index (χ0v) is 65.8. The highest BCUT2D eigenvalue weighted by molar-refractivity contribution is 5.44. The van der Waals surface area contributed by atoms with Gasteiger partial charge in [0.25, 0.3) is 0 Å². The van der Waals surface area contributed by atoms with E-state index in [0.717, 1.165) is 32.6 Å². The Hall–Kier alpha value is -2.34. The van der Waals surface area contributed by atoms with Crippen molar-refractivity contribution < 1.29 is 13.7 Å². The summed E-state index contributed by atoms with van der Waals surface area (Å²) in [5, 5.41) is 0. The molecule has 0 aliphatic heterocycles. The molecule has 2 aliphatic rings. The molecule has 0 N–H and O–H groups in total. The van der Waals surface area contributed by atoms with Gasteiger partial charge in [-0.1, -0.05) is 355 Å². The van der Waals surface area contributed by atoms with Gasteiger partial charge in [0.1, 0.15) is 0 Å². The van der Waals surface area contributed by atoms with Crippen molar-refractivity contribution in [3.8, 4) is 0 Å². The van der Waals surface area contributed by atoms with Gasteiger partial charge in [-0.05, 0) is 194 Å². The second-order valence-electron chi connectivity index (χ2n) is 35.4. The Morgan fingerprint density at radius 3 is 0.977 bits per heavy atom. The van der Waals surface area contributed by atoms with Gasteiger partial charge in [-0.2, -0.15) is 0 Å². The Bertz CT molecular complexity index is 2570. The molecular formula is C86H160. The van der Waals surface area contributed by atoms with Crippen molar-refractivity contribution in [2.45, 2.75) is 376 Å². The summed E-state index contributed by atoms with van der Waals surface area (Å²) in [6.07, 6.45) is 8.84. The first-order valence-electron chi connectivity index (χ1n) is 39.3. The summed E-state index contributed by atoms with van der Waals surface area (Å²) in [7, 11) is 0. The molecule has 0 heteroatoms. The molecule has 2 aliphatic carbocycles. The molecule has 0 amide bonds. The fourth-order valence-corrected chi connectivity index (χ4v) is 12.3. The molecule has 0 spiro atoms. The smallest absolute Gasteiger partial charge is 0.0311 e. The number of benzene rings is 3. The van der Waals surface area contributed by atoms with E-state index in [4.69, 9.17) is 13.7 Å². The Kier molecular flexibility index (Phi) is 30.6. The predicted molar refractivity (Wildman–Crippen MR) is 401 cm³/mol. The van der Waals surface area contributed by atoms with Gasteiger partial charge < -0.3 is 0 Å². The summed E-state index contributed by atoms with van der Waals surface area (Å²) in [6, 6.07) is 17.8. The molecule has 0 aromatic heterocycles. The topological polar surface area (TPSA) is 0 Å². The van der Waals surface area contributed by atoms with E-state index in [2.05, 4.69) is 284 Å². The minimum absolute atomic E-state index is 0.0469. The highest BCUT2D eigenvalue weighted by Crippen LogP contribution is 2.41. The van der Waals surface area contributed by atoms with E-state index >= 15 is 0 Å². The molecule has 0 nitrogen and oxygen atoms in total. The second-order valence-corrected chi connectivity index (χ2v) is 35.4. The van der Waals surface area contributed by atoms with Crippen LogP contribution in [0, 0.1) is 103 Å². The number of rotatable bonds is 5. The molecule has 5 rings (SSSR count). The van der Waals surface area contributed by atoms with Crippen LogP contribution in [0.3, 0.4) is 0 Å². The maximum absolute atomic E-state index is 8.23. The van der Waals surface area contributed by atoms with Gasteiger partial charge in [0.15, 0.2) is 0 Å². The maximum atomic E-state index is 8.23. The third kappa shape index (κ3) is 35.3. The second kappa shape index (κ2) is 37.9. The van der Waals surface area contributed by atoms with Crippen LogP contribution in [0.15, 0.2) is 48.5 Å². The van der Waals surface area contributed by atoms with Crippen LogP contribution in [0.2, 0.25) is 0 Å². The Balaban J connectivity index is -0.00000103. The van der Waals surface area contributed by atoms with Gasteiger partial charge in [-0.25, -0.2) is 0 Å². The van der Waals surface area contributed by atoms with Crippen molar-refractivity contribution in [1.82, 2.24) is 0 Å². The predicted octanol–water partition coefficient (Wildman–Crippen LogP) is 29.3. The first kappa shape index (κ1) is 69.5. The van der Waals surface area contributed by atoms with Gasteiger partial charge in [0.05, 0.1) is 0 Å². The molecule has 86 heavy (non-hydrogen) atoms. The lowest BCUT2D eigenvalue weighted by Crippen LogP contribution is -2.29. The largest absolute Gasteiger partial charge is 0.0651 e. The van der Waals surface area contributed by atoms with E-state index in [1.807, 2.05) is 13.8 Å². The Morgan fingerprint density at radius 2 is 0.791 bits per heavy atom. The van der Waals surface area contributed by atoms with Crippen molar-refractivity contribution in [3.63, 3.8) is 0 Å². The van der Waals surface area contributed by atoms with Gasteiger partial charge in [0.2, 0.25) is 0 Å². The van der Waals surface area contributed by atoms with E-state index in [-0.39, 0.29) is 61.5 Å². The highest BCUT2D eigenvalue weighted by Gasteiger charge is 2.31. The molecule has 2 unspecified atom stereocenters. The van der Waals surface area contributed by atoms with Crippen LogP contribution in [-0.2, 0) is 16.2 Å². The van der Waals surface area contributed by atoms with E-state index < -0.39 is 24.5 Å². The number of hydrogen-bond donors (Lipinski definition) is 0. The minimum Gasteiger partial charge on any atom is -0.0651 e. The van der Waals surface area contributed by atoms with Crippen LogP contribution in [0.5, 0.6) is 0 Å². The van der Waals surface area contributed by atoms with E-state index in [0.29, 0.717) is 23.7 Å². The molecule has 2 saturated carbocycles. The van der Waals surface area contributed by atoms with Crippen molar-refractivity contribution in [2.75, 3.05) is 0 Å². The Morgan fingerprint density at radius 1 is 0.453 bits per heavy atom. The molecule has 0 bridgehead atoms. The normalized spacial score (nSPS) is 19.1. The molecule has 2 fully saturated rings. The van der Waals surface area contributed by atoms with Crippen LogP contribution in [0.25, 0.3) is 0 Å². The summed E-state index contributed by atoms with van der Waals surface area (Å²) >= 11 is 0. The van der Waals surface area contributed by atoms with Crippen LogP contribution >= 0.6 is 0 Å². The van der Waals surface area contributed by atoms with Gasteiger partial charge >= 0.3 is 0 Å². The van der Waals surface area contributed by atoms with E-state index in [1.165, 1.54) is 82.2 Å². The van der Waals surface area contributed by atoms with E-state index in [9.17, 15) is 0 Å². The summed E-state index contributed by atoms with van der Waals surface area (Å²) < 4.78 is 77.3. The molecule has 0 saturated heterocycles. The average molecular weight is 1200 g/mol. The minimum atomic E-state index is -2.64. The average Bonchev–Trinajstić information content (AvgIpc) is 0.852. The molecule has 0 radical (unpaired) electrons. The highest BCUT2D eigenvalue weighted by atomic mass is 14.4. The first-order valence-corrected chi connectivity index (χ1v) is 34.3. The lowest BCUT2D eigenvalue weighted by atomic mass is 9.68. The summed E-state index contributed by atoms with van der Waals surface area (Å²) in [6.45, 7) is 82.3. The standard InChI is InChI=1S/C16H26.C13H20.C12H18.C10H22.2C9H18.C9H20.C8H18/c1-11(2)13-9-8-10-14(12(3)4)15(13)16(5,6)7;1-9-7-10(2)12(11(3)8-9)13(4,5)6;1-9-7-6-8-10(2)11(9)12(3,4)5;1-8(9(2,3)4)10(5,6)7;1-9(2,3)8-6-4-5-7-8;1-8(2)9-6-4-3-5-7-9;1-7(2)8(3)9(4,5)6;1-6-7(2)8(3,4)5/h8-12H,1-7H3;7-8H,1-6H3;6-8H,1-5H3;8H,1-7H3;8H,4-7H2,1-3H3;8-9H,3-7H2,1-2H3;7-8H,1-6H3;7H,6H2,1-5H3/i;;;2*8D;9D;8D;2D3,6D2,7D. The van der Waals surface area contributed by atoms with E-state index in [1.54, 1.807) is 26.3 Å². The first-order chi connectivity index (χ1) is 42.0. The van der Waals surface area contributed by atoms with Crippen molar-refractivity contribution >= 4 is 0 Å². The number of hydrogen-bond acceptors (Lipinski definition) is 0. The van der Waals surface area contributed by atoms with Gasteiger partial charge in [0, 0.05) is 13.7 Å².